The Morgan fingerprint density at radius 2 is 2.10 bits per heavy atom. The fraction of sp³-hybridized carbons (Fsp3) is 0.267. The summed E-state index contributed by atoms with van der Waals surface area (Å²) in [5.41, 5.74) is 1.10. The maximum atomic E-state index is 11.8. The molecular formula is C15H15N3O2. The molecule has 0 radical (unpaired) electrons. The minimum atomic E-state index is -0.0906. The fourth-order valence-corrected chi connectivity index (χ4v) is 1.97. The van der Waals surface area contributed by atoms with E-state index in [1.165, 1.54) is 6.07 Å². The van der Waals surface area contributed by atoms with Crippen molar-refractivity contribution in [2.75, 3.05) is 6.61 Å². The Kier molecular flexibility index (Phi) is 4.16. The highest BCUT2D eigenvalue weighted by Gasteiger charge is 2.05. The number of aromatic nitrogens is 2. The average Bonchev–Trinajstić information content (AvgIpc) is 2.42. The van der Waals surface area contributed by atoms with Crippen LogP contribution in [0.1, 0.15) is 17.1 Å². The molecular weight excluding hydrogens is 254 g/mol. The topological polar surface area (TPSA) is 67.9 Å². The van der Waals surface area contributed by atoms with E-state index in [1.54, 1.807) is 42.7 Å². The molecule has 0 aliphatic rings. The molecule has 0 amide bonds. The first kappa shape index (κ1) is 13.8. The molecule has 0 aliphatic heterocycles. The van der Waals surface area contributed by atoms with Crippen molar-refractivity contribution in [1.29, 1.82) is 5.26 Å². The maximum absolute atomic E-state index is 11.8. The summed E-state index contributed by atoms with van der Waals surface area (Å²) in [5, 5.41) is 8.96. The van der Waals surface area contributed by atoms with Crippen molar-refractivity contribution in [2.45, 2.75) is 20.4 Å². The lowest BCUT2D eigenvalue weighted by atomic mass is 10.2. The van der Waals surface area contributed by atoms with Crippen molar-refractivity contribution >= 4 is 0 Å². The molecule has 0 spiro atoms. The summed E-state index contributed by atoms with van der Waals surface area (Å²) in [6, 6.07) is 10.6. The van der Waals surface area contributed by atoms with Crippen LogP contribution in [0.3, 0.4) is 0 Å². The molecule has 0 bridgehead atoms. The number of hydrogen-bond acceptors (Lipinski definition) is 4. The zero-order chi connectivity index (χ0) is 14.5. The molecule has 0 fully saturated rings. The van der Waals surface area contributed by atoms with Crippen LogP contribution < -0.4 is 10.3 Å². The van der Waals surface area contributed by atoms with Crippen LogP contribution in [-0.2, 0) is 6.54 Å². The molecule has 5 heteroatoms. The molecule has 0 unspecified atom stereocenters. The summed E-state index contributed by atoms with van der Waals surface area (Å²) in [6.07, 6.45) is 0. The first-order valence-electron chi connectivity index (χ1n) is 6.29. The average molecular weight is 269 g/mol. The second-order valence-electron chi connectivity index (χ2n) is 4.39. The molecule has 102 valence electrons. The predicted octanol–water partition coefficient (Wildman–Crippen LogP) is 1.81. The lowest BCUT2D eigenvalue weighted by Gasteiger charge is -2.11. The van der Waals surface area contributed by atoms with Crippen molar-refractivity contribution in [2.24, 2.45) is 0 Å². The molecule has 5 nitrogen and oxygen atoms in total. The molecule has 1 heterocycles. The SMILES string of the molecule is Cc1cc(=O)n(CCOc2ccccc2C#N)c(C)n1. The quantitative estimate of drug-likeness (QED) is 0.849. The number of nitrogens with zero attached hydrogens (tertiary/aromatic N) is 3. The van der Waals surface area contributed by atoms with Gasteiger partial charge in [0.25, 0.3) is 5.56 Å². The number of hydrogen-bond donors (Lipinski definition) is 0. The molecule has 2 aromatic rings. The van der Waals surface area contributed by atoms with Crippen molar-refractivity contribution in [3.8, 4) is 11.8 Å². The van der Waals surface area contributed by atoms with E-state index < -0.39 is 0 Å². The summed E-state index contributed by atoms with van der Waals surface area (Å²) in [6.45, 7) is 4.29. The van der Waals surface area contributed by atoms with Gasteiger partial charge in [-0.1, -0.05) is 12.1 Å². The van der Waals surface area contributed by atoms with Gasteiger partial charge in [0.2, 0.25) is 0 Å². The summed E-state index contributed by atoms with van der Waals surface area (Å²) in [5.74, 6) is 1.19. The van der Waals surface area contributed by atoms with Crippen LogP contribution in [0, 0.1) is 25.2 Å². The van der Waals surface area contributed by atoms with E-state index in [-0.39, 0.29) is 5.56 Å². The van der Waals surface area contributed by atoms with E-state index in [1.807, 2.05) is 0 Å². The van der Waals surface area contributed by atoms with Crippen LogP contribution in [0.4, 0.5) is 0 Å². The van der Waals surface area contributed by atoms with Crippen LogP contribution in [0.25, 0.3) is 0 Å². The Hall–Kier alpha value is -2.61. The molecule has 0 saturated heterocycles. The Bertz CT molecular complexity index is 714. The van der Waals surface area contributed by atoms with E-state index in [0.29, 0.717) is 36.0 Å². The van der Waals surface area contributed by atoms with Gasteiger partial charge in [0, 0.05) is 11.8 Å². The monoisotopic (exact) mass is 269 g/mol. The smallest absolute Gasteiger partial charge is 0.253 e. The minimum Gasteiger partial charge on any atom is -0.490 e. The lowest BCUT2D eigenvalue weighted by Crippen LogP contribution is -2.26. The van der Waals surface area contributed by atoms with Crippen LogP contribution in [0.15, 0.2) is 35.1 Å². The number of rotatable bonds is 4. The third-order valence-corrected chi connectivity index (χ3v) is 2.91. The van der Waals surface area contributed by atoms with Gasteiger partial charge in [-0.15, -0.1) is 0 Å². The normalized spacial score (nSPS) is 10.1. The number of aryl methyl sites for hydroxylation is 2. The van der Waals surface area contributed by atoms with Gasteiger partial charge in [-0.25, -0.2) is 4.98 Å². The van der Waals surface area contributed by atoms with Crippen molar-refractivity contribution in [1.82, 2.24) is 9.55 Å². The molecule has 2 rings (SSSR count). The van der Waals surface area contributed by atoms with Crippen molar-refractivity contribution in [3.05, 3.63) is 57.8 Å². The first-order chi connectivity index (χ1) is 9.61. The number of nitriles is 1. The van der Waals surface area contributed by atoms with Crippen LogP contribution in [0.5, 0.6) is 5.75 Å². The number of para-hydroxylation sites is 1. The third kappa shape index (κ3) is 3.04. The van der Waals surface area contributed by atoms with E-state index in [0.717, 1.165) is 0 Å². The zero-order valence-corrected chi connectivity index (χ0v) is 11.5. The summed E-state index contributed by atoms with van der Waals surface area (Å²) < 4.78 is 7.12. The molecule has 1 aromatic carbocycles. The van der Waals surface area contributed by atoms with Gasteiger partial charge < -0.3 is 4.74 Å². The highest BCUT2D eigenvalue weighted by molar-refractivity contribution is 5.42. The van der Waals surface area contributed by atoms with Gasteiger partial charge in [-0.2, -0.15) is 5.26 Å². The Balaban J connectivity index is 2.08. The summed E-state index contributed by atoms with van der Waals surface area (Å²) in [4.78, 5) is 16.1. The number of ether oxygens (including phenoxy) is 1. The lowest BCUT2D eigenvalue weighted by molar-refractivity contribution is 0.293. The standard InChI is InChI=1S/C15H15N3O2/c1-11-9-15(19)18(12(2)17-11)7-8-20-14-6-4-3-5-13(14)10-16/h3-6,9H,7-8H2,1-2H3. The molecule has 1 aromatic heterocycles. The highest BCUT2D eigenvalue weighted by Crippen LogP contribution is 2.16. The van der Waals surface area contributed by atoms with Gasteiger partial charge in [-0.3, -0.25) is 9.36 Å². The maximum Gasteiger partial charge on any atom is 0.253 e. The van der Waals surface area contributed by atoms with Gasteiger partial charge >= 0.3 is 0 Å². The largest absolute Gasteiger partial charge is 0.490 e. The van der Waals surface area contributed by atoms with Gasteiger partial charge in [0.1, 0.15) is 24.3 Å². The number of benzene rings is 1. The van der Waals surface area contributed by atoms with E-state index in [4.69, 9.17) is 10.00 Å². The van der Waals surface area contributed by atoms with E-state index in [9.17, 15) is 4.79 Å². The molecule has 0 saturated carbocycles. The predicted molar refractivity (Wildman–Crippen MR) is 74.6 cm³/mol. The molecule has 20 heavy (non-hydrogen) atoms. The van der Waals surface area contributed by atoms with Crippen molar-refractivity contribution in [3.63, 3.8) is 0 Å². The Labute approximate surface area is 117 Å². The molecule has 0 aliphatic carbocycles. The Morgan fingerprint density at radius 1 is 1.35 bits per heavy atom. The highest BCUT2D eigenvalue weighted by atomic mass is 16.5. The van der Waals surface area contributed by atoms with Crippen LogP contribution >= 0.6 is 0 Å². The van der Waals surface area contributed by atoms with Crippen LogP contribution in [-0.4, -0.2) is 16.2 Å². The van der Waals surface area contributed by atoms with Gasteiger partial charge in [0.05, 0.1) is 12.1 Å². The Morgan fingerprint density at radius 3 is 2.80 bits per heavy atom. The second kappa shape index (κ2) is 6.02. The zero-order valence-electron chi connectivity index (χ0n) is 11.5. The van der Waals surface area contributed by atoms with Gasteiger partial charge in [0.15, 0.2) is 0 Å². The van der Waals surface area contributed by atoms with Gasteiger partial charge in [-0.05, 0) is 26.0 Å². The summed E-state index contributed by atoms with van der Waals surface area (Å²) in [7, 11) is 0. The third-order valence-electron chi connectivity index (χ3n) is 2.91. The second-order valence-corrected chi connectivity index (χ2v) is 4.39. The molecule has 0 N–H and O–H groups in total. The first-order valence-corrected chi connectivity index (χ1v) is 6.29. The minimum absolute atomic E-state index is 0.0906. The van der Waals surface area contributed by atoms with Crippen LogP contribution in [0.2, 0.25) is 0 Å². The van der Waals surface area contributed by atoms with E-state index >= 15 is 0 Å². The summed E-state index contributed by atoms with van der Waals surface area (Å²) >= 11 is 0. The van der Waals surface area contributed by atoms with Crippen molar-refractivity contribution < 1.29 is 4.74 Å². The molecule has 0 atom stereocenters. The van der Waals surface area contributed by atoms with E-state index in [2.05, 4.69) is 11.1 Å². The fourth-order valence-electron chi connectivity index (χ4n) is 1.97.